The minimum absolute atomic E-state index is 0.0857. The summed E-state index contributed by atoms with van der Waals surface area (Å²) in [4.78, 5) is 11.3. The number of nitrogens with one attached hydrogen (secondary N) is 1. The van der Waals surface area contributed by atoms with Gasteiger partial charge in [-0.05, 0) is 24.3 Å². The zero-order valence-corrected chi connectivity index (χ0v) is 12.4. The Morgan fingerprint density at radius 2 is 2.10 bits per heavy atom. The summed E-state index contributed by atoms with van der Waals surface area (Å²) < 4.78 is 31.6. The number of hydrogen-bond donors (Lipinski definition) is 2. The Balaban J connectivity index is 2.00. The fourth-order valence-electron chi connectivity index (χ4n) is 2.28. The van der Waals surface area contributed by atoms with Crippen LogP contribution in [0.2, 0.25) is 0 Å². The van der Waals surface area contributed by atoms with Crippen LogP contribution in [0.25, 0.3) is 0 Å². The maximum Gasteiger partial charge on any atom is 0.326 e. The van der Waals surface area contributed by atoms with E-state index in [2.05, 4.69) is 4.72 Å². The van der Waals surface area contributed by atoms with Crippen molar-refractivity contribution in [1.29, 1.82) is 0 Å². The van der Waals surface area contributed by atoms with Crippen LogP contribution < -0.4 is 4.72 Å². The highest BCUT2D eigenvalue weighted by atomic mass is 32.2. The van der Waals surface area contributed by atoms with Crippen LogP contribution in [0.5, 0.6) is 0 Å². The van der Waals surface area contributed by atoms with E-state index < -0.39 is 22.0 Å². The van der Waals surface area contributed by atoms with Gasteiger partial charge in [-0.3, -0.25) is 4.79 Å². The van der Waals surface area contributed by atoms with Gasteiger partial charge in [0.25, 0.3) is 0 Å². The van der Waals surface area contributed by atoms with Crippen molar-refractivity contribution in [2.24, 2.45) is 5.92 Å². The first kappa shape index (κ1) is 15.9. The van der Waals surface area contributed by atoms with E-state index in [0.717, 1.165) is 6.42 Å². The van der Waals surface area contributed by atoms with Crippen LogP contribution in [0, 0.1) is 5.92 Å². The van der Waals surface area contributed by atoms with Crippen molar-refractivity contribution >= 4 is 16.0 Å². The summed E-state index contributed by atoms with van der Waals surface area (Å²) >= 11 is 0. The highest BCUT2D eigenvalue weighted by Gasteiger charge is 2.26. The number of sulfonamides is 1. The third-order valence-corrected chi connectivity index (χ3v) is 4.86. The second kappa shape index (κ2) is 7.02. The van der Waals surface area contributed by atoms with E-state index in [-0.39, 0.29) is 11.7 Å². The molecule has 1 aromatic rings. The third-order valence-electron chi connectivity index (χ3n) is 3.50. The molecule has 1 aromatic carbocycles. The van der Waals surface area contributed by atoms with Crippen LogP contribution in [0.4, 0.5) is 0 Å². The molecule has 0 radical (unpaired) electrons. The molecule has 1 saturated heterocycles. The zero-order chi connectivity index (χ0) is 15.3. The van der Waals surface area contributed by atoms with E-state index in [1.54, 1.807) is 30.3 Å². The van der Waals surface area contributed by atoms with Crippen LogP contribution in [0.1, 0.15) is 24.4 Å². The lowest BCUT2D eigenvalue weighted by Crippen LogP contribution is -2.35. The van der Waals surface area contributed by atoms with Crippen molar-refractivity contribution < 1.29 is 23.1 Å². The minimum Gasteiger partial charge on any atom is -0.480 e. The van der Waals surface area contributed by atoms with Crippen molar-refractivity contribution in [3.8, 4) is 0 Å². The molecule has 116 valence electrons. The number of hydrogen-bond acceptors (Lipinski definition) is 4. The molecular weight excluding hydrogens is 294 g/mol. The molecule has 0 saturated carbocycles. The summed E-state index contributed by atoms with van der Waals surface area (Å²) in [5.74, 6) is -1.06. The highest BCUT2D eigenvalue weighted by Crippen LogP contribution is 2.18. The summed E-state index contributed by atoms with van der Waals surface area (Å²) in [6.45, 7) is 1.25. The Bertz CT molecular complexity index is 566. The first-order chi connectivity index (χ1) is 9.98. The van der Waals surface area contributed by atoms with E-state index in [1.165, 1.54) is 0 Å². The average Bonchev–Trinajstić information content (AvgIpc) is 2.97. The summed E-state index contributed by atoms with van der Waals surface area (Å²) in [5, 5.41) is 9.22. The number of aliphatic carboxylic acids is 1. The second-order valence-electron chi connectivity index (χ2n) is 5.14. The smallest absolute Gasteiger partial charge is 0.326 e. The van der Waals surface area contributed by atoms with Crippen molar-refractivity contribution in [2.45, 2.75) is 18.9 Å². The Morgan fingerprint density at radius 3 is 2.67 bits per heavy atom. The maximum atomic E-state index is 12.1. The molecule has 1 fully saturated rings. The van der Waals surface area contributed by atoms with Crippen LogP contribution in [-0.4, -0.2) is 38.5 Å². The Hall–Kier alpha value is -1.44. The fraction of sp³-hybridized carbons (Fsp3) is 0.500. The molecule has 0 spiro atoms. The van der Waals surface area contributed by atoms with Gasteiger partial charge in [0.15, 0.2) is 0 Å². The van der Waals surface area contributed by atoms with Crippen molar-refractivity contribution in [3.63, 3.8) is 0 Å². The fourth-order valence-corrected chi connectivity index (χ4v) is 3.64. The number of ether oxygens (including phenoxy) is 1. The quantitative estimate of drug-likeness (QED) is 0.788. The summed E-state index contributed by atoms with van der Waals surface area (Å²) in [6.07, 6.45) is 1.34. The van der Waals surface area contributed by atoms with Crippen LogP contribution in [0.15, 0.2) is 30.3 Å². The van der Waals surface area contributed by atoms with Gasteiger partial charge in [0.05, 0.1) is 5.75 Å². The van der Waals surface area contributed by atoms with Gasteiger partial charge in [0.1, 0.15) is 6.04 Å². The largest absolute Gasteiger partial charge is 0.480 e. The number of benzene rings is 1. The second-order valence-corrected chi connectivity index (χ2v) is 7.01. The molecule has 0 amide bonds. The van der Waals surface area contributed by atoms with Gasteiger partial charge >= 0.3 is 5.97 Å². The molecular formula is C14H19NO5S. The Labute approximate surface area is 124 Å². The van der Waals surface area contributed by atoms with Crippen LogP contribution >= 0.6 is 0 Å². The van der Waals surface area contributed by atoms with Gasteiger partial charge in [0.2, 0.25) is 10.0 Å². The first-order valence-corrected chi connectivity index (χ1v) is 8.48. The van der Waals surface area contributed by atoms with Gasteiger partial charge in [0, 0.05) is 13.2 Å². The lowest BCUT2D eigenvalue weighted by Gasteiger charge is -2.16. The first-order valence-electron chi connectivity index (χ1n) is 6.83. The molecule has 2 N–H and O–H groups in total. The van der Waals surface area contributed by atoms with Gasteiger partial charge in [-0.25, -0.2) is 8.42 Å². The number of rotatable bonds is 7. The maximum absolute atomic E-state index is 12.1. The molecule has 6 nitrogen and oxygen atoms in total. The Kier molecular flexibility index (Phi) is 5.33. The van der Waals surface area contributed by atoms with E-state index in [1.807, 2.05) is 0 Å². The summed E-state index contributed by atoms with van der Waals surface area (Å²) in [5.41, 5.74) is 0.415. The SMILES string of the molecule is O=C(O)[C@@H](NS(=O)(=O)CCC1CCOC1)c1ccccc1. The van der Waals surface area contributed by atoms with Crippen LogP contribution in [-0.2, 0) is 19.6 Å². The number of carbonyl (C=O) groups is 1. The van der Waals surface area contributed by atoms with Crippen molar-refractivity contribution in [3.05, 3.63) is 35.9 Å². The number of carboxylic acids is 1. The summed E-state index contributed by atoms with van der Waals surface area (Å²) in [6, 6.07) is 7.02. The molecule has 0 aliphatic carbocycles. The lowest BCUT2D eigenvalue weighted by atomic mass is 10.1. The molecule has 0 aromatic heterocycles. The summed E-state index contributed by atoms with van der Waals surface area (Å²) in [7, 11) is -3.65. The van der Waals surface area contributed by atoms with E-state index >= 15 is 0 Å². The molecule has 0 bridgehead atoms. The molecule has 1 unspecified atom stereocenters. The predicted octanol–water partition coefficient (Wildman–Crippen LogP) is 1.16. The van der Waals surface area contributed by atoms with Gasteiger partial charge in [-0.15, -0.1) is 0 Å². The number of carboxylic acid groups (broad SMARTS) is 1. The highest BCUT2D eigenvalue weighted by molar-refractivity contribution is 7.89. The lowest BCUT2D eigenvalue weighted by molar-refractivity contribution is -0.139. The molecule has 2 rings (SSSR count). The third kappa shape index (κ3) is 4.80. The molecule has 1 aliphatic rings. The van der Waals surface area contributed by atoms with E-state index in [4.69, 9.17) is 4.74 Å². The molecule has 7 heteroatoms. The monoisotopic (exact) mass is 313 g/mol. The normalized spacial score (nSPS) is 20.3. The minimum atomic E-state index is -3.65. The molecule has 1 heterocycles. The standard InChI is InChI=1S/C14H19NO5S/c16-14(17)13(12-4-2-1-3-5-12)15-21(18,19)9-7-11-6-8-20-10-11/h1-5,11,13,15H,6-10H2,(H,16,17)/t11?,13-/m0/s1. The van der Waals surface area contributed by atoms with Crippen molar-refractivity contribution in [2.75, 3.05) is 19.0 Å². The Morgan fingerprint density at radius 1 is 1.38 bits per heavy atom. The molecule has 1 aliphatic heterocycles. The molecule has 21 heavy (non-hydrogen) atoms. The predicted molar refractivity (Wildman–Crippen MR) is 77.3 cm³/mol. The van der Waals surface area contributed by atoms with E-state index in [9.17, 15) is 18.3 Å². The average molecular weight is 313 g/mol. The topological polar surface area (TPSA) is 92.7 Å². The van der Waals surface area contributed by atoms with Crippen LogP contribution in [0.3, 0.4) is 0 Å². The van der Waals surface area contributed by atoms with Gasteiger partial charge in [-0.1, -0.05) is 30.3 Å². The molecule has 2 atom stereocenters. The van der Waals surface area contributed by atoms with Gasteiger partial charge in [-0.2, -0.15) is 4.72 Å². The zero-order valence-electron chi connectivity index (χ0n) is 11.6. The van der Waals surface area contributed by atoms with E-state index in [0.29, 0.717) is 25.2 Å². The van der Waals surface area contributed by atoms with Gasteiger partial charge < -0.3 is 9.84 Å². The van der Waals surface area contributed by atoms with Crippen molar-refractivity contribution in [1.82, 2.24) is 4.72 Å².